The fourth-order valence-electron chi connectivity index (χ4n) is 6.43. The molecular formula is C30H37NO5. The van der Waals surface area contributed by atoms with Gasteiger partial charge < -0.3 is 23.8 Å². The van der Waals surface area contributed by atoms with E-state index in [9.17, 15) is 4.79 Å². The van der Waals surface area contributed by atoms with E-state index in [1.807, 2.05) is 24.3 Å². The van der Waals surface area contributed by atoms with Crippen LogP contribution in [-0.2, 0) is 0 Å². The van der Waals surface area contributed by atoms with Crippen molar-refractivity contribution in [3.05, 3.63) is 47.5 Å². The molecule has 0 spiro atoms. The molecule has 3 heterocycles. The van der Waals surface area contributed by atoms with Crippen molar-refractivity contribution in [1.29, 1.82) is 0 Å². The van der Waals surface area contributed by atoms with Crippen LogP contribution in [0.2, 0.25) is 0 Å². The highest BCUT2D eigenvalue weighted by molar-refractivity contribution is 5.96. The van der Waals surface area contributed by atoms with Crippen LogP contribution in [0.3, 0.4) is 0 Å². The SMILES string of the molecule is O=C(CC1CCC(CCN2CCC(c3cccc4c3OCO4)CC2)CC1)c1ccc2c(c1)OCCO2. The number of fused-ring (bicyclic) bond motifs is 2. The molecule has 36 heavy (non-hydrogen) atoms. The van der Waals surface area contributed by atoms with Crippen molar-refractivity contribution in [2.75, 3.05) is 39.6 Å². The molecule has 0 atom stereocenters. The van der Waals surface area contributed by atoms with E-state index < -0.39 is 0 Å². The van der Waals surface area contributed by atoms with E-state index in [1.165, 1.54) is 57.1 Å². The standard InChI is InChI=1S/C30H37NO5/c32-26(24-8-9-27-29(19-24)34-17-16-33-27)18-22-6-4-21(5-7-22)10-13-31-14-11-23(12-15-31)25-2-1-3-28-30(25)36-20-35-28/h1-3,8-9,19,21-23H,4-7,10-18,20H2. The predicted octanol–water partition coefficient (Wildman–Crippen LogP) is 5.84. The largest absolute Gasteiger partial charge is 0.486 e. The number of Topliss-reactive ketones (excluding diaryl/α,β-unsaturated/α-hetero) is 1. The third-order valence-electron chi connectivity index (χ3n) is 8.61. The summed E-state index contributed by atoms with van der Waals surface area (Å²) >= 11 is 0. The van der Waals surface area contributed by atoms with Crippen LogP contribution >= 0.6 is 0 Å². The molecule has 1 aliphatic carbocycles. The summed E-state index contributed by atoms with van der Waals surface area (Å²) in [5, 5.41) is 0. The minimum Gasteiger partial charge on any atom is -0.486 e. The second-order valence-electron chi connectivity index (χ2n) is 10.9. The van der Waals surface area contributed by atoms with Crippen LogP contribution in [0.5, 0.6) is 23.0 Å². The van der Waals surface area contributed by atoms with Gasteiger partial charge in [-0.2, -0.15) is 0 Å². The monoisotopic (exact) mass is 491 g/mol. The van der Waals surface area contributed by atoms with Crippen LogP contribution in [0.1, 0.15) is 73.2 Å². The number of likely N-dealkylation sites (tertiary alicyclic amines) is 1. The number of rotatable bonds is 7. The fourth-order valence-corrected chi connectivity index (χ4v) is 6.43. The number of piperidine rings is 1. The number of hydrogen-bond donors (Lipinski definition) is 0. The van der Waals surface area contributed by atoms with Crippen molar-refractivity contribution >= 4 is 5.78 Å². The molecule has 0 amide bonds. The molecule has 1 saturated heterocycles. The molecule has 0 radical (unpaired) electrons. The van der Waals surface area contributed by atoms with Crippen LogP contribution in [0, 0.1) is 11.8 Å². The van der Waals surface area contributed by atoms with Gasteiger partial charge in [0.05, 0.1) is 0 Å². The molecule has 192 valence electrons. The summed E-state index contributed by atoms with van der Waals surface area (Å²) in [4.78, 5) is 15.5. The Labute approximate surface area is 213 Å². The summed E-state index contributed by atoms with van der Waals surface area (Å²) in [5.74, 6) is 5.44. The first-order valence-electron chi connectivity index (χ1n) is 13.8. The van der Waals surface area contributed by atoms with Crippen LogP contribution in [0.15, 0.2) is 36.4 Å². The maximum atomic E-state index is 12.9. The Bertz CT molecular complexity index is 1070. The highest BCUT2D eigenvalue weighted by atomic mass is 16.7. The lowest BCUT2D eigenvalue weighted by atomic mass is 9.78. The van der Waals surface area contributed by atoms with Gasteiger partial charge in [-0.15, -0.1) is 0 Å². The normalized spacial score (nSPS) is 24.0. The van der Waals surface area contributed by atoms with Gasteiger partial charge in [0.25, 0.3) is 0 Å². The summed E-state index contributed by atoms with van der Waals surface area (Å²) in [6, 6.07) is 11.9. The molecule has 0 unspecified atom stereocenters. The minimum atomic E-state index is 0.235. The molecular weight excluding hydrogens is 454 g/mol. The Balaban J connectivity index is 0.918. The van der Waals surface area contributed by atoms with Gasteiger partial charge in [-0.3, -0.25) is 4.79 Å². The van der Waals surface area contributed by atoms with E-state index in [0.29, 0.717) is 44.0 Å². The van der Waals surface area contributed by atoms with Crippen LogP contribution < -0.4 is 18.9 Å². The van der Waals surface area contributed by atoms with E-state index in [2.05, 4.69) is 17.0 Å². The Morgan fingerprint density at radius 2 is 1.58 bits per heavy atom. The number of para-hydroxylation sites is 1. The van der Waals surface area contributed by atoms with Gasteiger partial charge in [0.2, 0.25) is 6.79 Å². The fraction of sp³-hybridized carbons (Fsp3) is 0.567. The summed E-state index contributed by atoms with van der Waals surface area (Å²) in [5.41, 5.74) is 2.08. The van der Waals surface area contributed by atoms with E-state index in [1.54, 1.807) is 0 Å². The second-order valence-corrected chi connectivity index (χ2v) is 10.9. The van der Waals surface area contributed by atoms with Crippen molar-refractivity contribution in [3.8, 4) is 23.0 Å². The molecule has 6 heteroatoms. The van der Waals surface area contributed by atoms with Gasteiger partial charge in [0.1, 0.15) is 13.2 Å². The average Bonchev–Trinajstić information content (AvgIpc) is 3.42. The summed E-state index contributed by atoms with van der Waals surface area (Å²) in [6.45, 7) is 4.99. The first-order chi connectivity index (χ1) is 17.7. The third-order valence-corrected chi connectivity index (χ3v) is 8.61. The zero-order valence-corrected chi connectivity index (χ0v) is 21.1. The number of carbonyl (C=O) groups is 1. The highest BCUT2D eigenvalue weighted by Gasteiger charge is 2.28. The second kappa shape index (κ2) is 10.7. The maximum Gasteiger partial charge on any atom is 0.231 e. The van der Waals surface area contributed by atoms with Gasteiger partial charge in [-0.1, -0.05) is 25.0 Å². The van der Waals surface area contributed by atoms with Crippen molar-refractivity contribution in [3.63, 3.8) is 0 Å². The average molecular weight is 492 g/mol. The molecule has 2 aromatic rings. The number of hydrogen-bond acceptors (Lipinski definition) is 6. The number of carbonyl (C=O) groups excluding carboxylic acids is 1. The smallest absolute Gasteiger partial charge is 0.231 e. The zero-order chi connectivity index (χ0) is 24.3. The lowest BCUT2D eigenvalue weighted by Crippen LogP contribution is -2.34. The van der Waals surface area contributed by atoms with Gasteiger partial charge in [0, 0.05) is 17.5 Å². The molecule has 0 N–H and O–H groups in total. The van der Waals surface area contributed by atoms with Crippen molar-refractivity contribution in [1.82, 2.24) is 4.90 Å². The molecule has 1 saturated carbocycles. The van der Waals surface area contributed by atoms with Crippen LogP contribution in [0.25, 0.3) is 0 Å². The van der Waals surface area contributed by atoms with Gasteiger partial charge in [0.15, 0.2) is 28.8 Å². The van der Waals surface area contributed by atoms with E-state index in [4.69, 9.17) is 18.9 Å². The lowest BCUT2D eigenvalue weighted by Gasteiger charge is -2.34. The number of benzene rings is 2. The van der Waals surface area contributed by atoms with E-state index in [0.717, 1.165) is 41.8 Å². The first-order valence-corrected chi connectivity index (χ1v) is 13.8. The first kappa shape index (κ1) is 23.7. The number of nitrogens with zero attached hydrogens (tertiary/aromatic N) is 1. The Morgan fingerprint density at radius 1 is 0.806 bits per heavy atom. The molecule has 2 aromatic carbocycles. The maximum absolute atomic E-state index is 12.9. The summed E-state index contributed by atoms with van der Waals surface area (Å²) in [6.07, 6.45) is 9.16. The van der Waals surface area contributed by atoms with Crippen LogP contribution in [-0.4, -0.2) is 50.3 Å². The molecule has 6 rings (SSSR count). The molecule has 3 aliphatic heterocycles. The Morgan fingerprint density at radius 3 is 2.42 bits per heavy atom. The zero-order valence-electron chi connectivity index (χ0n) is 21.1. The summed E-state index contributed by atoms with van der Waals surface area (Å²) in [7, 11) is 0. The summed E-state index contributed by atoms with van der Waals surface area (Å²) < 4.78 is 22.5. The van der Waals surface area contributed by atoms with Crippen LogP contribution in [0.4, 0.5) is 0 Å². The van der Waals surface area contributed by atoms with E-state index >= 15 is 0 Å². The van der Waals surface area contributed by atoms with Crippen molar-refractivity contribution < 1.29 is 23.7 Å². The lowest BCUT2D eigenvalue weighted by molar-refractivity contribution is 0.0938. The Kier molecular flexibility index (Phi) is 7.04. The van der Waals surface area contributed by atoms with Crippen molar-refractivity contribution in [2.24, 2.45) is 11.8 Å². The third kappa shape index (κ3) is 5.19. The van der Waals surface area contributed by atoms with E-state index in [-0.39, 0.29) is 5.78 Å². The topological polar surface area (TPSA) is 57.2 Å². The van der Waals surface area contributed by atoms with Gasteiger partial charge >= 0.3 is 0 Å². The predicted molar refractivity (Wildman–Crippen MR) is 137 cm³/mol. The molecule has 2 fully saturated rings. The quantitative estimate of drug-likeness (QED) is 0.454. The molecule has 6 nitrogen and oxygen atoms in total. The molecule has 4 aliphatic rings. The Hall–Kier alpha value is -2.73. The molecule has 0 aromatic heterocycles. The van der Waals surface area contributed by atoms with Gasteiger partial charge in [-0.05, 0) is 93.8 Å². The minimum absolute atomic E-state index is 0.235. The van der Waals surface area contributed by atoms with Crippen molar-refractivity contribution in [2.45, 2.75) is 57.3 Å². The number of ether oxygens (including phenoxy) is 4. The highest BCUT2D eigenvalue weighted by Crippen LogP contribution is 2.42. The number of ketones is 1. The van der Waals surface area contributed by atoms with Gasteiger partial charge in [-0.25, -0.2) is 0 Å². The molecule has 0 bridgehead atoms.